The third kappa shape index (κ3) is 7.92. The maximum absolute atomic E-state index is 13.0. The first-order chi connectivity index (χ1) is 16.0. The van der Waals surface area contributed by atoms with Crippen LogP contribution in [0, 0.1) is 0 Å². The van der Waals surface area contributed by atoms with Gasteiger partial charge in [0.15, 0.2) is 0 Å². The number of ether oxygens (including phenoxy) is 1. The zero-order valence-corrected chi connectivity index (χ0v) is 18.6. The average molecular weight is 445 g/mol. The lowest BCUT2D eigenvalue weighted by Gasteiger charge is -2.22. The minimum atomic E-state index is -0.866. The normalized spacial score (nSPS) is 12.3. The summed E-state index contributed by atoms with van der Waals surface area (Å²) in [5.41, 5.74) is 2.38. The SMILES string of the molecule is CC(=O)N[C@@H](COC(=O)[C@H](Cc1ccccc1)NC(=O)c1ccccc1)Cc1ccccc1. The Labute approximate surface area is 194 Å². The molecular weight excluding hydrogens is 416 g/mol. The van der Waals surface area contributed by atoms with Gasteiger partial charge in [0.2, 0.25) is 5.91 Å². The number of hydrogen-bond acceptors (Lipinski definition) is 4. The number of hydrogen-bond donors (Lipinski definition) is 2. The molecule has 3 rings (SSSR count). The monoisotopic (exact) mass is 444 g/mol. The van der Waals surface area contributed by atoms with Gasteiger partial charge in [-0.25, -0.2) is 4.79 Å². The second kappa shape index (κ2) is 12.2. The van der Waals surface area contributed by atoms with Gasteiger partial charge in [0, 0.05) is 18.9 Å². The summed E-state index contributed by atoms with van der Waals surface area (Å²) in [4.78, 5) is 37.4. The molecule has 0 aliphatic carbocycles. The molecule has 33 heavy (non-hydrogen) atoms. The maximum Gasteiger partial charge on any atom is 0.329 e. The van der Waals surface area contributed by atoms with Crippen LogP contribution in [0.2, 0.25) is 0 Å². The summed E-state index contributed by atoms with van der Waals surface area (Å²) >= 11 is 0. The van der Waals surface area contributed by atoms with Crippen molar-refractivity contribution in [1.82, 2.24) is 10.6 Å². The zero-order valence-electron chi connectivity index (χ0n) is 18.6. The summed E-state index contributed by atoms with van der Waals surface area (Å²) in [6.45, 7) is 1.43. The zero-order chi connectivity index (χ0) is 23.5. The molecule has 0 aliphatic heterocycles. The van der Waals surface area contributed by atoms with Crippen molar-refractivity contribution in [3.8, 4) is 0 Å². The third-order valence-electron chi connectivity index (χ3n) is 5.07. The van der Waals surface area contributed by atoms with Gasteiger partial charge in [-0.1, -0.05) is 78.9 Å². The fraction of sp³-hybridized carbons (Fsp3) is 0.222. The highest BCUT2D eigenvalue weighted by Crippen LogP contribution is 2.09. The van der Waals surface area contributed by atoms with E-state index in [0.29, 0.717) is 18.4 Å². The van der Waals surface area contributed by atoms with Crippen molar-refractivity contribution in [2.24, 2.45) is 0 Å². The molecule has 2 N–H and O–H groups in total. The predicted molar refractivity (Wildman–Crippen MR) is 127 cm³/mol. The highest BCUT2D eigenvalue weighted by atomic mass is 16.5. The van der Waals surface area contributed by atoms with Crippen molar-refractivity contribution in [2.45, 2.75) is 31.8 Å². The Bertz CT molecular complexity index is 1040. The van der Waals surface area contributed by atoms with E-state index < -0.39 is 12.0 Å². The van der Waals surface area contributed by atoms with Gasteiger partial charge in [0.25, 0.3) is 5.91 Å². The van der Waals surface area contributed by atoms with Crippen LogP contribution >= 0.6 is 0 Å². The second-order valence-corrected chi connectivity index (χ2v) is 7.80. The summed E-state index contributed by atoms with van der Waals surface area (Å²) in [7, 11) is 0. The first kappa shape index (κ1) is 23.7. The van der Waals surface area contributed by atoms with E-state index in [-0.39, 0.29) is 24.5 Å². The molecule has 0 radical (unpaired) electrons. The van der Waals surface area contributed by atoms with Gasteiger partial charge in [0.1, 0.15) is 12.6 Å². The van der Waals surface area contributed by atoms with Crippen LogP contribution in [0.4, 0.5) is 0 Å². The molecule has 170 valence electrons. The molecule has 2 atom stereocenters. The smallest absolute Gasteiger partial charge is 0.329 e. The molecule has 0 saturated carbocycles. The number of benzene rings is 3. The Morgan fingerprint density at radius 1 is 0.727 bits per heavy atom. The first-order valence-corrected chi connectivity index (χ1v) is 10.9. The molecule has 3 aromatic carbocycles. The Kier molecular flexibility index (Phi) is 8.77. The number of carbonyl (C=O) groups excluding carboxylic acids is 3. The van der Waals surface area contributed by atoms with Crippen LogP contribution < -0.4 is 10.6 Å². The van der Waals surface area contributed by atoms with Crippen LogP contribution in [0.15, 0.2) is 91.0 Å². The van der Waals surface area contributed by atoms with Crippen LogP contribution in [0.5, 0.6) is 0 Å². The molecule has 3 aromatic rings. The van der Waals surface area contributed by atoms with Gasteiger partial charge in [-0.05, 0) is 29.7 Å². The van der Waals surface area contributed by atoms with Gasteiger partial charge in [0.05, 0.1) is 6.04 Å². The summed E-state index contributed by atoms with van der Waals surface area (Å²) in [5.74, 6) is -1.10. The van der Waals surface area contributed by atoms with Gasteiger partial charge in [-0.2, -0.15) is 0 Å². The summed E-state index contributed by atoms with van der Waals surface area (Å²) in [5, 5.41) is 5.63. The average Bonchev–Trinajstić information content (AvgIpc) is 2.83. The van der Waals surface area contributed by atoms with Gasteiger partial charge in [-0.15, -0.1) is 0 Å². The second-order valence-electron chi connectivity index (χ2n) is 7.80. The molecule has 0 bridgehead atoms. The summed E-state index contributed by atoms with van der Waals surface area (Å²) < 4.78 is 5.58. The van der Waals surface area contributed by atoms with E-state index in [2.05, 4.69) is 10.6 Å². The Morgan fingerprint density at radius 3 is 1.79 bits per heavy atom. The van der Waals surface area contributed by atoms with Crippen LogP contribution in [-0.4, -0.2) is 36.5 Å². The molecule has 0 saturated heterocycles. The van der Waals surface area contributed by atoms with E-state index in [9.17, 15) is 14.4 Å². The molecule has 0 heterocycles. The van der Waals surface area contributed by atoms with E-state index in [4.69, 9.17) is 4.74 Å². The standard InChI is InChI=1S/C27H28N2O4/c1-20(30)28-24(17-21-11-5-2-6-12-21)19-33-27(32)25(18-22-13-7-3-8-14-22)29-26(31)23-15-9-4-10-16-23/h2-16,24-25H,17-19H2,1H3,(H,28,30)(H,29,31)/t24-,25+/m1/s1. The molecule has 0 unspecified atom stereocenters. The largest absolute Gasteiger partial charge is 0.462 e. The Hall–Kier alpha value is -3.93. The minimum Gasteiger partial charge on any atom is -0.462 e. The van der Waals surface area contributed by atoms with Crippen molar-refractivity contribution in [1.29, 1.82) is 0 Å². The number of rotatable bonds is 10. The Morgan fingerprint density at radius 2 is 1.24 bits per heavy atom. The van der Waals surface area contributed by atoms with Crippen LogP contribution in [0.25, 0.3) is 0 Å². The van der Waals surface area contributed by atoms with Gasteiger partial charge < -0.3 is 15.4 Å². The topological polar surface area (TPSA) is 84.5 Å². The molecule has 6 nitrogen and oxygen atoms in total. The molecule has 6 heteroatoms. The van der Waals surface area contributed by atoms with E-state index in [1.807, 2.05) is 66.7 Å². The lowest BCUT2D eigenvalue weighted by atomic mass is 10.0. The summed E-state index contributed by atoms with van der Waals surface area (Å²) in [6, 6.07) is 26.6. The molecule has 0 fully saturated rings. The Balaban J connectivity index is 1.69. The molecule has 0 spiro atoms. The van der Waals surface area contributed by atoms with Crippen molar-refractivity contribution < 1.29 is 19.1 Å². The number of amides is 2. The fourth-order valence-corrected chi connectivity index (χ4v) is 3.50. The van der Waals surface area contributed by atoms with E-state index >= 15 is 0 Å². The summed E-state index contributed by atoms with van der Waals surface area (Å²) in [6.07, 6.45) is 0.815. The van der Waals surface area contributed by atoms with Crippen molar-refractivity contribution in [2.75, 3.05) is 6.61 Å². The maximum atomic E-state index is 13.0. The molecule has 0 aromatic heterocycles. The molecule has 0 aliphatic rings. The highest BCUT2D eigenvalue weighted by molar-refractivity contribution is 5.96. The van der Waals surface area contributed by atoms with Crippen LogP contribution in [-0.2, 0) is 27.2 Å². The quantitative estimate of drug-likeness (QED) is 0.470. The van der Waals surface area contributed by atoms with Crippen molar-refractivity contribution >= 4 is 17.8 Å². The lowest BCUT2D eigenvalue weighted by molar-refractivity contribution is -0.147. The van der Waals surface area contributed by atoms with E-state index in [1.54, 1.807) is 24.3 Å². The van der Waals surface area contributed by atoms with Crippen molar-refractivity contribution in [3.63, 3.8) is 0 Å². The third-order valence-corrected chi connectivity index (χ3v) is 5.07. The molecular formula is C27H28N2O4. The van der Waals surface area contributed by atoms with Crippen LogP contribution in [0.1, 0.15) is 28.4 Å². The lowest BCUT2D eigenvalue weighted by Crippen LogP contribution is -2.45. The molecule has 2 amide bonds. The number of carbonyl (C=O) groups is 3. The van der Waals surface area contributed by atoms with Crippen molar-refractivity contribution in [3.05, 3.63) is 108 Å². The van der Waals surface area contributed by atoms with E-state index in [1.165, 1.54) is 6.92 Å². The van der Waals surface area contributed by atoms with Gasteiger partial charge >= 0.3 is 5.97 Å². The predicted octanol–water partition coefficient (Wildman–Crippen LogP) is 3.32. The minimum absolute atomic E-state index is 0.000194. The van der Waals surface area contributed by atoms with Gasteiger partial charge in [-0.3, -0.25) is 9.59 Å². The number of esters is 1. The first-order valence-electron chi connectivity index (χ1n) is 10.9. The van der Waals surface area contributed by atoms with Crippen LogP contribution in [0.3, 0.4) is 0 Å². The highest BCUT2D eigenvalue weighted by Gasteiger charge is 2.25. The fourth-order valence-electron chi connectivity index (χ4n) is 3.50. The van der Waals surface area contributed by atoms with E-state index in [0.717, 1.165) is 11.1 Å². The number of nitrogens with one attached hydrogen (secondary N) is 2.